The fraction of sp³-hybridized carbons (Fsp3) is 0.417. The third-order valence-electron chi connectivity index (χ3n) is 3.13. The molecular formula is C12H14BrNO4. The van der Waals surface area contributed by atoms with Gasteiger partial charge >= 0.3 is 0 Å². The molecule has 1 amide bonds. The van der Waals surface area contributed by atoms with Crippen LogP contribution in [0.25, 0.3) is 0 Å². The van der Waals surface area contributed by atoms with Crippen LogP contribution >= 0.6 is 15.9 Å². The maximum absolute atomic E-state index is 11.9. The molecule has 0 saturated heterocycles. The summed E-state index contributed by atoms with van der Waals surface area (Å²) in [4.78, 5) is 11.9. The summed E-state index contributed by atoms with van der Waals surface area (Å²) in [6, 6.07) is 4.28. The summed E-state index contributed by atoms with van der Waals surface area (Å²) >= 11 is 3.13. The second kappa shape index (κ2) is 5.26. The molecule has 1 aromatic rings. The first-order valence-electron chi connectivity index (χ1n) is 5.65. The van der Waals surface area contributed by atoms with Gasteiger partial charge < -0.3 is 20.6 Å². The Balaban J connectivity index is 2.11. The van der Waals surface area contributed by atoms with E-state index in [1.54, 1.807) is 12.1 Å². The fourth-order valence-corrected chi connectivity index (χ4v) is 2.43. The molecule has 0 aliphatic heterocycles. The Hall–Kier alpha value is -1.11. The smallest absolute Gasteiger partial charge is 0.255 e. The molecule has 0 unspecified atom stereocenters. The van der Waals surface area contributed by atoms with Crippen molar-refractivity contribution in [1.29, 1.82) is 0 Å². The number of aliphatic hydroxyl groups is 2. The Morgan fingerprint density at radius 1 is 1.33 bits per heavy atom. The minimum Gasteiger partial charge on any atom is -0.506 e. The van der Waals surface area contributed by atoms with E-state index in [0.29, 0.717) is 17.3 Å². The molecule has 5 nitrogen and oxygen atoms in total. The standard InChI is InChI=1S/C12H14BrNO4/c13-7-3-1-2-6(10(7)16)12(18)14-8-4-5-9(15)11(8)17/h1-3,8-9,11,15-17H,4-5H2,(H,14,18)/t8-,9-,11-/m1/s1. The van der Waals surface area contributed by atoms with Crippen LogP contribution in [0.5, 0.6) is 5.75 Å². The summed E-state index contributed by atoms with van der Waals surface area (Å²) in [6.07, 6.45) is -0.783. The Labute approximate surface area is 113 Å². The number of halogens is 1. The van der Waals surface area contributed by atoms with Gasteiger partial charge in [0.05, 0.1) is 22.2 Å². The number of para-hydroxylation sites is 1. The largest absolute Gasteiger partial charge is 0.506 e. The molecule has 1 aromatic carbocycles. The van der Waals surface area contributed by atoms with Gasteiger partial charge in [0, 0.05) is 0 Å². The molecule has 1 saturated carbocycles. The third kappa shape index (κ3) is 2.50. The maximum Gasteiger partial charge on any atom is 0.255 e. The van der Waals surface area contributed by atoms with Crippen LogP contribution in [0.4, 0.5) is 0 Å². The normalized spacial score (nSPS) is 27.2. The molecule has 6 heteroatoms. The van der Waals surface area contributed by atoms with Crippen LogP contribution in [0.3, 0.4) is 0 Å². The summed E-state index contributed by atoms with van der Waals surface area (Å²) in [6.45, 7) is 0. The molecule has 1 aliphatic rings. The lowest BCUT2D eigenvalue weighted by Gasteiger charge is -2.18. The van der Waals surface area contributed by atoms with Crippen molar-refractivity contribution in [3.63, 3.8) is 0 Å². The summed E-state index contributed by atoms with van der Waals surface area (Å²) < 4.78 is 0.433. The van der Waals surface area contributed by atoms with Crippen molar-refractivity contribution < 1.29 is 20.1 Å². The summed E-state index contributed by atoms with van der Waals surface area (Å²) in [5.74, 6) is -0.602. The number of rotatable bonds is 2. The van der Waals surface area contributed by atoms with Gasteiger partial charge in [0.15, 0.2) is 0 Å². The summed E-state index contributed by atoms with van der Waals surface area (Å²) in [5, 5.41) is 31.4. The number of carbonyl (C=O) groups excluding carboxylic acids is 1. The Bertz CT molecular complexity index is 465. The van der Waals surface area contributed by atoms with E-state index in [9.17, 15) is 20.1 Å². The number of phenols is 1. The third-order valence-corrected chi connectivity index (χ3v) is 3.77. The fourth-order valence-electron chi connectivity index (χ4n) is 2.06. The number of benzene rings is 1. The quantitative estimate of drug-likeness (QED) is 0.649. The van der Waals surface area contributed by atoms with Gasteiger partial charge in [-0.3, -0.25) is 4.79 Å². The lowest BCUT2D eigenvalue weighted by Crippen LogP contribution is -2.42. The van der Waals surface area contributed by atoms with Gasteiger partial charge in [-0.15, -0.1) is 0 Å². The van der Waals surface area contributed by atoms with Gasteiger partial charge in [0.2, 0.25) is 0 Å². The van der Waals surface area contributed by atoms with Gasteiger partial charge in [0.1, 0.15) is 11.9 Å². The number of hydrogen-bond acceptors (Lipinski definition) is 4. The molecule has 0 spiro atoms. The number of phenolic OH excluding ortho intramolecular Hbond substituents is 1. The zero-order valence-corrected chi connectivity index (χ0v) is 11.1. The highest BCUT2D eigenvalue weighted by molar-refractivity contribution is 9.10. The minimum absolute atomic E-state index is 0.136. The van der Waals surface area contributed by atoms with Crippen LogP contribution < -0.4 is 5.32 Å². The minimum atomic E-state index is -0.955. The predicted molar refractivity (Wildman–Crippen MR) is 68.3 cm³/mol. The molecule has 0 bridgehead atoms. The van der Waals surface area contributed by atoms with Crippen molar-refractivity contribution in [3.05, 3.63) is 28.2 Å². The number of carbonyl (C=O) groups is 1. The Morgan fingerprint density at radius 3 is 2.67 bits per heavy atom. The van der Waals surface area contributed by atoms with Crippen molar-refractivity contribution in [2.45, 2.75) is 31.1 Å². The number of aromatic hydroxyl groups is 1. The van der Waals surface area contributed by atoms with Gasteiger partial charge in [-0.2, -0.15) is 0 Å². The van der Waals surface area contributed by atoms with Crippen molar-refractivity contribution in [2.75, 3.05) is 0 Å². The Morgan fingerprint density at radius 2 is 2.06 bits per heavy atom. The molecule has 3 atom stereocenters. The lowest BCUT2D eigenvalue weighted by atomic mass is 10.1. The molecule has 0 heterocycles. The number of nitrogens with one attached hydrogen (secondary N) is 1. The predicted octanol–water partition coefficient (Wildman–Crippen LogP) is 0.769. The SMILES string of the molecule is O=C(N[C@@H]1CC[C@@H](O)[C@@H]1O)c1cccc(Br)c1O. The van der Waals surface area contributed by atoms with Crippen LogP contribution in [0.15, 0.2) is 22.7 Å². The van der Waals surface area contributed by atoms with E-state index in [0.717, 1.165) is 0 Å². The average Bonchev–Trinajstić information content (AvgIpc) is 2.64. The number of amides is 1. The molecule has 0 radical (unpaired) electrons. The lowest BCUT2D eigenvalue weighted by molar-refractivity contribution is 0.0296. The molecule has 98 valence electrons. The highest BCUT2D eigenvalue weighted by Crippen LogP contribution is 2.28. The molecule has 2 rings (SSSR count). The first-order valence-corrected chi connectivity index (χ1v) is 6.44. The van der Waals surface area contributed by atoms with Crippen LogP contribution in [0.1, 0.15) is 23.2 Å². The van der Waals surface area contributed by atoms with E-state index in [1.165, 1.54) is 6.07 Å². The highest BCUT2D eigenvalue weighted by Gasteiger charge is 2.34. The zero-order chi connectivity index (χ0) is 13.3. The number of aliphatic hydroxyl groups excluding tert-OH is 2. The van der Waals surface area contributed by atoms with E-state index in [1.807, 2.05) is 0 Å². The van der Waals surface area contributed by atoms with E-state index >= 15 is 0 Å². The number of hydrogen-bond donors (Lipinski definition) is 4. The molecule has 4 N–H and O–H groups in total. The van der Waals surface area contributed by atoms with Crippen LogP contribution in [-0.4, -0.2) is 39.5 Å². The molecule has 1 aliphatic carbocycles. The average molecular weight is 316 g/mol. The molecular weight excluding hydrogens is 302 g/mol. The second-order valence-electron chi connectivity index (χ2n) is 4.35. The topological polar surface area (TPSA) is 89.8 Å². The van der Waals surface area contributed by atoms with Crippen molar-refractivity contribution in [3.8, 4) is 5.75 Å². The summed E-state index contributed by atoms with van der Waals surface area (Å²) in [5.41, 5.74) is 0.137. The monoisotopic (exact) mass is 315 g/mol. The van der Waals surface area contributed by atoms with E-state index in [2.05, 4.69) is 21.2 Å². The van der Waals surface area contributed by atoms with Gasteiger partial charge in [0.25, 0.3) is 5.91 Å². The molecule has 18 heavy (non-hydrogen) atoms. The van der Waals surface area contributed by atoms with E-state index < -0.39 is 24.2 Å². The van der Waals surface area contributed by atoms with Crippen LogP contribution in [-0.2, 0) is 0 Å². The highest BCUT2D eigenvalue weighted by atomic mass is 79.9. The first kappa shape index (κ1) is 13.3. The van der Waals surface area contributed by atoms with E-state index in [-0.39, 0.29) is 11.3 Å². The van der Waals surface area contributed by atoms with Crippen LogP contribution in [0, 0.1) is 0 Å². The van der Waals surface area contributed by atoms with Gasteiger partial charge in [-0.25, -0.2) is 0 Å². The second-order valence-corrected chi connectivity index (χ2v) is 5.21. The van der Waals surface area contributed by atoms with E-state index in [4.69, 9.17) is 0 Å². The molecule has 0 aromatic heterocycles. The maximum atomic E-state index is 11.9. The van der Waals surface area contributed by atoms with Crippen molar-refractivity contribution >= 4 is 21.8 Å². The van der Waals surface area contributed by atoms with Gasteiger partial charge in [-0.1, -0.05) is 6.07 Å². The molecule has 1 fully saturated rings. The van der Waals surface area contributed by atoms with Crippen molar-refractivity contribution in [2.24, 2.45) is 0 Å². The summed E-state index contributed by atoms with van der Waals surface area (Å²) in [7, 11) is 0. The first-order chi connectivity index (χ1) is 8.50. The Kier molecular flexibility index (Phi) is 3.89. The van der Waals surface area contributed by atoms with Crippen LogP contribution in [0.2, 0.25) is 0 Å². The zero-order valence-electron chi connectivity index (χ0n) is 9.51. The van der Waals surface area contributed by atoms with Gasteiger partial charge in [-0.05, 0) is 40.9 Å². The van der Waals surface area contributed by atoms with Crippen molar-refractivity contribution in [1.82, 2.24) is 5.32 Å².